The summed E-state index contributed by atoms with van der Waals surface area (Å²) in [6.07, 6.45) is 2.13. The van der Waals surface area contributed by atoms with Crippen LogP contribution in [-0.4, -0.2) is 17.2 Å². The van der Waals surface area contributed by atoms with Gasteiger partial charge in [-0.25, -0.2) is 4.79 Å². The first-order valence-corrected chi connectivity index (χ1v) is 8.35. The quantitative estimate of drug-likeness (QED) is 0.574. The molecule has 5 nitrogen and oxygen atoms in total. The van der Waals surface area contributed by atoms with Gasteiger partial charge in [0.1, 0.15) is 13.2 Å². The molecule has 2 aromatic carbocycles. The van der Waals surface area contributed by atoms with Gasteiger partial charge in [-0.3, -0.25) is 0 Å². The normalized spacial score (nSPS) is 16.8. The highest BCUT2D eigenvalue weighted by molar-refractivity contribution is 5.89. The van der Waals surface area contributed by atoms with Crippen molar-refractivity contribution in [3.63, 3.8) is 0 Å². The van der Waals surface area contributed by atoms with Gasteiger partial charge < -0.3 is 19.3 Å². The largest absolute Gasteiger partial charge is 0.516 e. The molecule has 0 spiro atoms. The molecule has 0 saturated heterocycles. The molecule has 0 radical (unpaired) electrons. The molecule has 0 amide bonds. The van der Waals surface area contributed by atoms with E-state index in [2.05, 4.69) is 0 Å². The third-order valence-electron chi connectivity index (χ3n) is 3.87. The number of aliphatic hydroxyl groups is 1. The zero-order chi connectivity index (χ0) is 18.2. The van der Waals surface area contributed by atoms with Gasteiger partial charge in [0.05, 0.1) is 6.26 Å². The Labute approximate surface area is 152 Å². The van der Waals surface area contributed by atoms with Crippen LogP contribution in [0, 0.1) is 0 Å². The van der Waals surface area contributed by atoms with Crippen LogP contribution < -0.4 is 0 Å². The Bertz CT molecular complexity index is 781. The average molecular weight is 352 g/mol. The third kappa shape index (κ3) is 4.45. The van der Waals surface area contributed by atoms with Gasteiger partial charge in [0, 0.05) is 6.42 Å². The van der Waals surface area contributed by atoms with Crippen LogP contribution in [0.5, 0.6) is 0 Å². The Morgan fingerprint density at radius 2 is 1.50 bits per heavy atom. The summed E-state index contributed by atoms with van der Waals surface area (Å²) in [5.41, 5.74) is 1.91. The maximum atomic E-state index is 12.2. The van der Waals surface area contributed by atoms with Crippen molar-refractivity contribution in [2.45, 2.75) is 25.7 Å². The highest BCUT2D eigenvalue weighted by Gasteiger charge is 2.37. The Hall–Kier alpha value is -3.21. The zero-order valence-electron chi connectivity index (χ0n) is 14.2. The molecule has 0 aromatic heterocycles. The van der Waals surface area contributed by atoms with E-state index in [1.165, 1.54) is 6.08 Å². The zero-order valence-corrected chi connectivity index (χ0v) is 14.2. The summed E-state index contributed by atoms with van der Waals surface area (Å²) in [4.78, 5) is 12.2. The third-order valence-corrected chi connectivity index (χ3v) is 3.87. The maximum Gasteiger partial charge on any atom is 0.378 e. The number of ether oxygens (including phenoxy) is 3. The lowest BCUT2D eigenvalue weighted by Crippen LogP contribution is -2.12. The van der Waals surface area contributed by atoms with E-state index in [1.807, 2.05) is 60.7 Å². The number of hydrogen-bond donors (Lipinski definition) is 1. The van der Waals surface area contributed by atoms with Crippen LogP contribution in [0.1, 0.15) is 17.5 Å². The highest BCUT2D eigenvalue weighted by Crippen LogP contribution is 2.29. The van der Waals surface area contributed by atoms with Crippen molar-refractivity contribution in [1.29, 1.82) is 0 Å². The minimum atomic E-state index is -0.611. The van der Waals surface area contributed by atoms with Gasteiger partial charge in [0.25, 0.3) is 0 Å². The smallest absolute Gasteiger partial charge is 0.378 e. The van der Waals surface area contributed by atoms with Gasteiger partial charge in [-0.2, -0.15) is 0 Å². The molecule has 1 heterocycles. The lowest BCUT2D eigenvalue weighted by atomic mass is 10.2. The van der Waals surface area contributed by atoms with Crippen molar-refractivity contribution in [1.82, 2.24) is 0 Å². The van der Waals surface area contributed by atoms with Crippen molar-refractivity contribution < 1.29 is 24.1 Å². The molecule has 0 bridgehead atoms. The number of hydrogen-bond acceptors (Lipinski definition) is 5. The summed E-state index contributed by atoms with van der Waals surface area (Å²) in [7, 11) is 0. The summed E-state index contributed by atoms with van der Waals surface area (Å²) in [6.45, 7) is 0.538. The van der Waals surface area contributed by atoms with Gasteiger partial charge >= 0.3 is 5.97 Å². The lowest BCUT2D eigenvalue weighted by molar-refractivity contribution is -0.143. The van der Waals surface area contributed by atoms with Gasteiger partial charge in [-0.1, -0.05) is 60.7 Å². The van der Waals surface area contributed by atoms with Gasteiger partial charge in [-0.15, -0.1) is 0 Å². The molecule has 0 saturated carbocycles. The number of aliphatic hydroxyl groups excluding tert-OH is 1. The van der Waals surface area contributed by atoms with E-state index in [4.69, 9.17) is 19.3 Å². The number of benzene rings is 2. The fourth-order valence-corrected chi connectivity index (χ4v) is 2.58. The number of esters is 1. The van der Waals surface area contributed by atoms with Crippen molar-refractivity contribution in [3.05, 3.63) is 95.6 Å². The predicted octanol–water partition coefficient (Wildman–Crippen LogP) is 4.02. The molecule has 1 unspecified atom stereocenters. The number of carbonyl (C=O) groups excluding carboxylic acids is 1. The molecule has 5 heteroatoms. The second kappa shape index (κ2) is 8.76. The SMILES string of the molecule is O=C1OC(CC=CO)C(OCc2ccccc2)=C1OCc1ccccc1. The Balaban J connectivity index is 1.76. The molecule has 2 aromatic rings. The van der Waals surface area contributed by atoms with E-state index in [1.54, 1.807) is 0 Å². The van der Waals surface area contributed by atoms with Crippen molar-refractivity contribution in [2.24, 2.45) is 0 Å². The fraction of sp³-hybridized carbons (Fsp3) is 0.190. The molecule has 1 aliphatic rings. The number of carbonyl (C=O) groups is 1. The van der Waals surface area contributed by atoms with Crippen LogP contribution in [0.3, 0.4) is 0 Å². The predicted molar refractivity (Wildman–Crippen MR) is 95.8 cm³/mol. The number of cyclic esters (lactones) is 1. The molecule has 0 fully saturated rings. The van der Waals surface area contributed by atoms with Crippen LogP contribution in [0.4, 0.5) is 0 Å². The lowest BCUT2D eigenvalue weighted by Gasteiger charge is -2.13. The van der Waals surface area contributed by atoms with Crippen LogP contribution >= 0.6 is 0 Å². The molecule has 1 atom stereocenters. The topological polar surface area (TPSA) is 65.0 Å². The Kier molecular flexibility index (Phi) is 5.93. The fourth-order valence-electron chi connectivity index (χ4n) is 2.58. The molecular weight excluding hydrogens is 332 g/mol. The van der Waals surface area contributed by atoms with E-state index >= 15 is 0 Å². The average Bonchev–Trinajstić information content (AvgIpc) is 2.99. The number of rotatable bonds is 8. The second-order valence-corrected chi connectivity index (χ2v) is 5.76. The Morgan fingerprint density at radius 3 is 2.08 bits per heavy atom. The summed E-state index contributed by atoms with van der Waals surface area (Å²) >= 11 is 0. The van der Waals surface area contributed by atoms with Crippen molar-refractivity contribution >= 4 is 5.97 Å². The van der Waals surface area contributed by atoms with E-state index in [0.29, 0.717) is 18.8 Å². The van der Waals surface area contributed by atoms with Crippen LogP contribution in [0.25, 0.3) is 0 Å². The monoisotopic (exact) mass is 352 g/mol. The summed E-state index contributed by atoms with van der Waals surface area (Å²) in [5, 5.41) is 8.90. The van der Waals surface area contributed by atoms with Crippen LogP contribution in [-0.2, 0) is 32.2 Å². The van der Waals surface area contributed by atoms with Gasteiger partial charge in [-0.05, 0) is 17.2 Å². The molecule has 1 N–H and O–H groups in total. The summed E-state index contributed by atoms with van der Waals surface area (Å²) in [6, 6.07) is 19.2. The van der Waals surface area contributed by atoms with Gasteiger partial charge in [0.2, 0.25) is 5.76 Å². The standard InChI is InChI=1S/C21H20O5/c22-13-7-12-18-19(24-14-16-8-3-1-4-9-16)20(21(23)26-18)25-15-17-10-5-2-6-11-17/h1-11,13,18,22H,12,14-15H2. The molecule has 3 rings (SSSR count). The molecular formula is C21H20O5. The van der Waals surface area contributed by atoms with Gasteiger partial charge in [0.15, 0.2) is 11.9 Å². The van der Waals surface area contributed by atoms with Crippen LogP contribution in [0.15, 0.2) is 84.5 Å². The summed E-state index contributed by atoms with van der Waals surface area (Å²) < 4.78 is 16.9. The second-order valence-electron chi connectivity index (χ2n) is 5.76. The maximum absolute atomic E-state index is 12.2. The Morgan fingerprint density at radius 1 is 0.923 bits per heavy atom. The van der Waals surface area contributed by atoms with E-state index < -0.39 is 12.1 Å². The molecule has 1 aliphatic heterocycles. The molecule has 134 valence electrons. The van der Waals surface area contributed by atoms with E-state index in [-0.39, 0.29) is 12.4 Å². The van der Waals surface area contributed by atoms with Crippen molar-refractivity contribution in [3.8, 4) is 0 Å². The van der Waals surface area contributed by atoms with Crippen LogP contribution in [0.2, 0.25) is 0 Å². The van der Waals surface area contributed by atoms with Crippen molar-refractivity contribution in [2.75, 3.05) is 0 Å². The highest BCUT2D eigenvalue weighted by atomic mass is 16.6. The summed E-state index contributed by atoms with van der Waals surface area (Å²) in [5.74, 6) is -0.116. The minimum absolute atomic E-state index is 0.0844. The first-order valence-electron chi connectivity index (χ1n) is 8.35. The molecule has 0 aliphatic carbocycles. The first kappa shape index (κ1) is 17.6. The minimum Gasteiger partial charge on any atom is -0.516 e. The van der Waals surface area contributed by atoms with E-state index in [0.717, 1.165) is 17.4 Å². The first-order chi connectivity index (χ1) is 12.8. The molecule has 26 heavy (non-hydrogen) atoms. The van der Waals surface area contributed by atoms with E-state index in [9.17, 15) is 4.79 Å².